The van der Waals surface area contributed by atoms with Crippen molar-refractivity contribution in [3.8, 4) is 0 Å². The molecule has 0 saturated carbocycles. The highest BCUT2D eigenvalue weighted by Gasteiger charge is 2.30. The predicted octanol–water partition coefficient (Wildman–Crippen LogP) is 4.47. The number of benzene rings is 1. The lowest BCUT2D eigenvalue weighted by Crippen LogP contribution is -2.02. The average molecular weight is 304 g/mol. The van der Waals surface area contributed by atoms with Crippen LogP contribution in [0.15, 0.2) is 30.3 Å². The van der Waals surface area contributed by atoms with Gasteiger partial charge in [-0.15, -0.1) is 11.8 Å². The van der Waals surface area contributed by atoms with Crippen LogP contribution in [0.2, 0.25) is 0 Å². The van der Waals surface area contributed by atoms with Crippen LogP contribution in [0.5, 0.6) is 0 Å². The van der Waals surface area contributed by atoms with Crippen molar-refractivity contribution in [3.63, 3.8) is 0 Å². The summed E-state index contributed by atoms with van der Waals surface area (Å²) in [5.74, 6) is 0.670. The van der Waals surface area contributed by atoms with Gasteiger partial charge in [0.1, 0.15) is 0 Å². The topological polar surface area (TPSA) is 35.5 Å². The smallest absolute Gasteiger partial charge is 0.305 e. The van der Waals surface area contributed by atoms with E-state index in [2.05, 4.69) is 0 Å². The second-order valence-corrected chi connectivity index (χ2v) is 7.59. The minimum Gasteiger partial charge on any atom is -0.305 e. The fraction of sp³-hybridized carbons (Fsp3) is 0.417. The van der Waals surface area contributed by atoms with Crippen molar-refractivity contribution >= 4 is 35.5 Å². The van der Waals surface area contributed by atoms with E-state index in [9.17, 15) is 4.57 Å². The molecule has 1 aromatic rings. The van der Waals surface area contributed by atoms with Crippen LogP contribution < -0.4 is 0 Å². The van der Waals surface area contributed by atoms with Gasteiger partial charge in [0.25, 0.3) is 0 Å². The third kappa shape index (κ3) is 4.82. The van der Waals surface area contributed by atoms with Gasteiger partial charge < -0.3 is 9.05 Å². The largest absolute Gasteiger partial charge is 0.378 e. The lowest BCUT2D eigenvalue weighted by molar-refractivity contribution is 0.233. The lowest BCUT2D eigenvalue weighted by Gasteiger charge is -2.17. The molecular formula is C12H17O3PS2. The molecule has 6 heteroatoms. The summed E-state index contributed by atoms with van der Waals surface area (Å²) in [6, 6.07) is 9.88. The van der Waals surface area contributed by atoms with Gasteiger partial charge in [-0.3, -0.25) is 4.57 Å². The molecule has 0 atom stereocenters. The maximum absolute atomic E-state index is 12.3. The third-order valence-corrected chi connectivity index (χ3v) is 6.48. The molecule has 1 aromatic carbocycles. The van der Waals surface area contributed by atoms with E-state index in [-0.39, 0.29) is 0 Å². The van der Waals surface area contributed by atoms with Gasteiger partial charge in [-0.1, -0.05) is 42.5 Å². The Morgan fingerprint density at radius 3 is 2.28 bits per heavy atom. The monoisotopic (exact) mass is 304 g/mol. The number of hydrogen-bond acceptors (Lipinski definition) is 5. The Bertz CT molecular complexity index is 413. The fourth-order valence-corrected chi connectivity index (χ4v) is 4.36. The summed E-state index contributed by atoms with van der Waals surface area (Å²) >= 11 is 6.50. The SMILES string of the molecule is CCOP(=O)(OCC)C(=S)SCc1ccccc1. The van der Waals surface area contributed by atoms with Gasteiger partial charge >= 0.3 is 7.60 Å². The van der Waals surface area contributed by atoms with Crippen molar-refractivity contribution < 1.29 is 13.6 Å². The van der Waals surface area contributed by atoms with Gasteiger partial charge in [0.05, 0.1) is 13.2 Å². The number of thiocarbonyl (C=S) groups is 1. The van der Waals surface area contributed by atoms with Crippen molar-refractivity contribution in [3.05, 3.63) is 35.9 Å². The molecular weight excluding hydrogens is 287 g/mol. The number of thioether (sulfide) groups is 1. The van der Waals surface area contributed by atoms with Crippen LogP contribution in [0.3, 0.4) is 0 Å². The lowest BCUT2D eigenvalue weighted by atomic mass is 10.2. The van der Waals surface area contributed by atoms with Crippen molar-refractivity contribution in [1.82, 2.24) is 0 Å². The summed E-state index contributed by atoms with van der Waals surface area (Å²) in [6.07, 6.45) is 0. The highest BCUT2D eigenvalue weighted by Crippen LogP contribution is 2.53. The summed E-state index contributed by atoms with van der Waals surface area (Å²) in [4.78, 5) is 0. The molecule has 3 nitrogen and oxygen atoms in total. The van der Waals surface area contributed by atoms with E-state index < -0.39 is 7.60 Å². The summed E-state index contributed by atoms with van der Waals surface area (Å²) in [5.41, 5.74) is 1.13. The molecule has 0 aliphatic rings. The average Bonchev–Trinajstić information content (AvgIpc) is 2.37. The van der Waals surface area contributed by atoms with E-state index in [0.717, 1.165) is 5.56 Å². The van der Waals surface area contributed by atoms with Crippen molar-refractivity contribution in [2.45, 2.75) is 19.6 Å². The van der Waals surface area contributed by atoms with Crippen LogP contribution in [0.25, 0.3) is 0 Å². The Morgan fingerprint density at radius 1 is 1.22 bits per heavy atom. The summed E-state index contributed by atoms with van der Waals surface area (Å²) in [5, 5.41) is 0. The van der Waals surface area contributed by atoms with Gasteiger partial charge in [0.2, 0.25) is 0 Å². The normalized spacial score (nSPS) is 11.4. The molecule has 0 amide bonds. The zero-order valence-electron chi connectivity index (χ0n) is 10.5. The van der Waals surface area contributed by atoms with Crippen molar-refractivity contribution in [1.29, 1.82) is 0 Å². The molecule has 18 heavy (non-hydrogen) atoms. The van der Waals surface area contributed by atoms with Gasteiger partial charge in [0.15, 0.2) is 3.94 Å². The molecule has 0 spiro atoms. The highest BCUT2D eigenvalue weighted by molar-refractivity contribution is 8.35. The molecule has 0 aliphatic heterocycles. The number of hydrogen-bond donors (Lipinski definition) is 0. The van der Waals surface area contributed by atoms with Crippen LogP contribution in [0, 0.1) is 0 Å². The van der Waals surface area contributed by atoms with Crippen LogP contribution in [0.4, 0.5) is 0 Å². The molecule has 100 valence electrons. The van der Waals surface area contributed by atoms with Crippen LogP contribution in [-0.2, 0) is 19.4 Å². The molecule has 0 aliphatic carbocycles. The molecule has 0 saturated heterocycles. The van der Waals surface area contributed by atoms with Crippen LogP contribution >= 0.6 is 31.6 Å². The Morgan fingerprint density at radius 2 is 1.78 bits per heavy atom. The highest BCUT2D eigenvalue weighted by atomic mass is 32.2. The number of rotatable bonds is 7. The standard InChI is InChI=1S/C12H17O3PS2/c1-3-14-16(13,15-4-2)12(17)18-10-11-8-6-5-7-9-11/h5-9H,3-4,10H2,1-2H3. The second kappa shape index (κ2) is 8.08. The van der Waals surface area contributed by atoms with Gasteiger partial charge in [0, 0.05) is 5.75 Å². The quantitative estimate of drug-likeness (QED) is 0.548. The molecule has 0 aromatic heterocycles. The van der Waals surface area contributed by atoms with Crippen molar-refractivity contribution in [2.24, 2.45) is 0 Å². The van der Waals surface area contributed by atoms with Gasteiger partial charge in [-0.05, 0) is 19.4 Å². The maximum atomic E-state index is 12.3. The first-order chi connectivity index (χ1) is 8.62. The summed E-state index contributed by atoms with van der Waals surface area (Å²) in [7, 11) is -3.25. The van der Waals surface area contributed by atoms with E-state index in [1.165, 1.54) is 11.8 Å². The van der Waals surface area contributed by atoms with Gasteiger partial charge in [-0.25, -0.2) is 0 Å². The Kier molecular flexibility index (Phi) is 7.12. The van der Waals surface area contributed by atoms with E-state index in [0.29, 0.717) is 22.9 Å². The van der Waals surface area contributed by atoms with E-state index in [1.807, 2.05) is 30.3 Å². The molecule has 0 bridgehead atoms. The first-order valence-corrected chi connectivity index (χ1v) is 8.66. The zero-order chi connectivity index (χ0) is 13.4. The zero-order valence-corrected chi connectivity index (χ0v) is 13.0. The Hall–Kier alpha value is -0.190. The fourth-order valence-electron chi connectivity index (χ4n) is 1.28. The summed E-state index contributed by atoms with van der Waals surface area (Å²) in [6.45, 7) is 4.19. The molecule has 1 rings (SSSR count). The minimum atomic E-state index is -3.25. The first kappa shape index (κ1) is 15.9. The van der Waals surface area contributed by atoms with E-state index >= 15 is 0 Å². The maximum Gasteiger partial charge on any atom is 0.378 e. The van der Waals surface area contributed by atoms with E-state index in [1.54, 1.807) is 13.8 Å². The Balaban J connectivity index is 2.60. The second-order valence-electron chi connectivity index (χ2n) is 3.37. The van der Waals surface area contributed by atoms with Crippen LogP contribution in [-0.4, -0.2) is 17.2 Å². The molecule has 0 N–H and O–H groups in total. The van der Waals surface area contributed by atoms with Crippen LogP contribution in [0.1, 0.15) is 19.4 Å². The Labute approximate surface area is 118 Å². The minimum absolute atomic E-state index is 0.301. The third-order valence-electron chi connectivity index (χ3n) is 2.03. The van der Waals surface area contributed by atoms with Crippen molar-refractivity contribution in [2.75, 3.05) is 13.2 Å². The van der Waals surface area contributed by atoms with E-state index in [4.69, 9.17) is 21.3 Å². The first-order valence-electron chi connectivity index (χ1n) is 5.72. The molecule has 0 unspecified atom stereocenters. The molecule has 0 heterocycles. The summed E-state index contributed by atoms with van der Waals surface area (Å²) < 4.78 is 23.0. The molecule has 0 radical (unpaired) electrons. The van der Waals surface area contributed by atoms with Gasteiger partial charge in [-0.2, -0.15) is 0 Å². The molecule has 0 fully saturated rings. The predicted molar refractivity (Wildman–Crippen MR) is 81.2 cm³/mol.